The van der Waals surface area contributed by atoms with E-state index in [2.05, 4.69) is 53.1 Å². The fourth-order valence-corrected chi connectivity index (χ4v) is 5.34. The van der Waals surface area contributed by atoms with Gasteiger partial charge in [0, 0.05) is 19.5 Å². The Morgan fingerprint density at radius 2 is 1.88 bits per heavy atom. The Bertz CT molecular complexity index is 878. The largest absolute Gasteiger partial charge is 0.492 e. The summed E-state index contributed by atoms with van der Waals surface area (Å²) in [6, 6.07) is 10.5. The molecule has 1 saturated heterocycles. The first-order valence-electron chi connectivity index (χ1n) is 9.43. The van der Waals surface area contributed by atoms with Crippen molar-refractivity contribution in [1.82, 2.24) is 19.5 Å². The van der Waals surface area contributed by atoms with Gasteiger partial charge < -0.3 is 5.11 Å². The summed E-state index contributed by atoms with van der Waals surface area (Å²) < 4.78 is 1.60. The van der Waals surface area contributed by atoms with Crippen molar-refractivity contribution in [1.29, 1.82) is 0 Å². The number of benzene rings is 1. The lowest BCUT2D eigenvalue weighted by molar-refractivity contribution is 0.112. The Labute approximate surface area is 158 Å². The minimum atomic E-state index is 0.0416. The summed E-state index contributed by atoms with van der Waals surface area (Å²) in [6.45, 7) is 8.75. The van der Waals surface area contributed by atoms with Gasteiger partial charge >= 0.3 is 0 Å². The molecule has 0 aliphatic carbocycles. The van der Waals surface area contributed by atoms with Crippen molar-refractivity contribution in [2.24, 2.45) is 11.8 Å². The molecule has 3 heterocycles. The summed E-state index contributed by atoms with van der Waals surface area (Å²) >= 11 is 1.56. The van der Waals surface area contributed by atoms with E-state index in [1.807, 2.05) is 13.0 Å². The number of aromatic nitrogens is 3. The van der Waals surface area contributed by atoms with Crippen LogP contribution in [0.5, 0.6) is 5.88 Å². The predicted octanol–water partition coefficient (Wildman–Crippen LogP) is 4.13. The lowest BCUT2D eigenvalue weighted by atomic mass is 9.89. The Morgan fingerprint density at radius 1 is 1.19 bits per heavy atom. The zero-order valence-corrected chi connectivity index (χ0v) is 16.4. The summed E-state index contributed by atoms with van der Waals surface area (Å²) in [6.07, 6.45) is 2.03. The highest BCUT2D eigenvalue weighted by molar-refractivity contribution is 7.17. The number of hydrogen-bond donors (Lipinski definition) is 1. The second kappa shape index (κ2) is 7.00. The summed E-state index contributed by atoms with van der Waals surface area (Å²) in [5.41, 5.74) is 1.21. The molecule has 0 spiro atoms. The highest BCUT2D eigenvalue weighted by Gasteiger charge is 2.33. The molecule has 6 heteroatoms. The molecular formula is C20H26N4OS. The molecule has 0 saturated carbocycles. The molecule has 2 aromatic heterocycles. The van der Waals surface area contributed by atoms with Crippen LogP contribution in [0.1, 0.15) is 49.5 Å². The first-order valence-corrected chi connectivity index (χ1v) is 10.2. The average molecular weight is 371 g/mol. The van der Waals surface area contributed by atoms with Crippen LogP contribution in [0.3, 0.4) is 0 Å². The van der Waals surface area contributed by atoms with Crippen LogP contribution < -0.4 is 0 Å². The molecule has 3 unspecified atom stereocenters. The first kappa shape index (κ1) is 17.5. The van der Waals surface area contributed by atoms with Gasteiger partial charge in [0.25, 0.3) is 0 Å². The number of nitrogens with zero attached hydrogens (tertiary/aromatic N) is 4. The standard InChI is InChI=1S/C20H26N4OS/c1-4-16-21-20-24(22-16)19(25)18(26-20)17(15-8-6-5-7-9-15)23-11-13(2)10-14(3)12-23/h5-9,13-14,17,25H,4,10-12H2,1-3H3. The van der Waals surface area contributed by atoms with E-state index in [-0.39, 0.29) is 11.9 Å². The second-order valence-electron chi connectivity index (χ2n) is 7.58. The van der Waals surface area contributed by atoms with Gasteiger partial charge in [0.1, 0.15) is 0 Å². The van der Waals surface area contributed by atoms with Gasteiger partial charge in [-0.25, -0.2) is 4.98 Å². The lowest BCUT2D eigenvalue weighted by Gasteiger charge is -2.40. The molecule has 0 radical (unpaired) electrons. The summed E-state index contributed by atoms with van der Waals surface area (Å²) in [5.74, 6) is 2.31. The lowest BCUT2D eigenvalue weighted by Crippen LogP contribution is -2.41. The second-order valence-corrected chi connectivity index (χ2v) is 8.59. The van der Waals surface area contributed by atoms with Crippen LogP contribution in [0, 0.1) is 11.8 Å². The van der Waals surface area contributed by atoms with Crippen molar-refractivity contribution < 1.29 is 5.11 Å². The molecule has 138 valence electrons. The van der Waals surface area contributed by atoms with Crippen LogP contribution in [0.25, 0.3) is 4.96 Å². The number of thiazole rings is 1. The van der Waals surface area contributed by atoms with Crippen LogP contribution in [-0.2, 0) is 6.42 Å². The maximum atomic E-state index is 10.9. The molecular weight excluding hydrogens is 344 g/mol. The van der Waals surface area contributed by atoms with Gasteiger partial charge in [-0.15, -0.1) is 5.10 Å². The van der Waals surface area contributed by atoms with Crippen molar-refractivity contribution >= 4 is 16.3 Å². The number of rotatable bonds is 4. The molecule has 1 N–H and O–H groups in total. The van der Waals surface area contributed by atoms with Gasteiger partial charge in [-0.1, -0.05) is 62.4 Å². The molecule has 1 aliphatic heterocycles. The SMILES string of the molecule is CCc1nc2sc(C(c3ccccc3)N3CC(C)CC(C)C3)c(O)n2n1. The molecule has 1 fully saturated rings. The molecule has 26 heavy (non-hydrogen) atoms. The maximum absolute atomic E-state index is 10.9. The minimum absolute atomic E-state index is 0.0416. The van der Waals surface area contributed by atoms with E-state index in [1.54, 1.807) is 15.9 Å². The highest BCUT2D eigenvalue weighted by Crippen LogP contribution is 2.41. The Hall–Kier alpha value is -1.92. The topological polar surface area (TPSA) is 53.7 Å². The molecule has 5 nitrogen and oxygen atoms in total. The van der Waals surface area contributed by atoms with Gasteiger partial charge in [-0.2, -0.15) is 4.52 Å². The van der Waals surface area contributed by atoms with Gasteiger partial charge in [0.2, 0.25) is 10.8 Å². The van der Waals surface area contributed by atoms with Crippen molar-refractivity contribution in [2.45, 2.75) is 39.7 Å². The summed E-state index contributed by atoms with van der Waals surface area (Å²) in [5, 5.41) is 15.4. The van der Waals surface area contributed by atoms with E-state index < -0.39 is 0 Å². The Morgan fingerprint density at radius 3 is 2.50 bits per heavy atom. The van der Waals surface area contributed by atoms with Crippen LogP contribution in [0.2, 0.25) is 0 Å². The third kappa shape index (κ3) is 3.12. The molecule has 4 rings (SSSR count). The molecule has 1 aromatic carbocycles. The molecule has 3 aromatic rings. The highest BCUT2D eigenvalue weighted by atomic mass is 32.1. The van der Waals surface area contributed by atoms with E-state index in [9.17, 15) is 5.11 Å². The van der Waals surface area contributed by atoms with E-state index in [4.69, 9.17) is 0 Å². The first-order chi connectivity index (χ1) is 12.6. The van der Waals surface area contributed by atoms with E-state index in [0.29, 0.717) is 11.8 Å². The number of fused-ring (bicyclic) bond motifs is 1. The monoisotopic (exact) mass is 370 g/mol. The van der Waals surface area contributed by atoms with E-state index >= 15 is 0 Å². The Kier molecular flexibility index (Phi) is 4.71. The van der Waals surface area contributed by atoms with Crippen molar-refractivity contribution in [3.63, 3.8) is 0 Å². The summed E-state index contributed by atoms with van der Waals surface area (Å²) in [7, 11) is 0. The number of piperidine rings is 1. The van der Waals surface area contributed by atoms with Crippen molar-refractivity contribution in [3.8, 4) is 5.88 Å². The zero-order valence-electron chi connectivity index (χ0n) is 15.6. The number of hydrogen-bond acceptors (Lipinski definition) is 5. The predicted molar refractivity (Wildman–Crippen MR) is 105 cm³/mol. The van der Waals surface area contributed by atoms with Gasteiger partial charge in [-0.3, -0.25) is 4.90 Å². The van der Waals surface area contributed by atoms with Crippen molar-refractivity contribution in [3.05, 3.63) is 46.6 Å². The van der Waals surface area contributed by atoms with Gasteiger partial charge in [0.05, 0.1) is 10.9 Å². The van der Waals surface area contributed by atoms with Crippen molar-refractivity contribution in [2.75, 3.05) is 13.1 Å². The van der Waals surface area contributed by atoms with Crippen LogP contribution >= 0.6 is 11.3 Å². The molecule has 3 atom stereocenters. The quantitative estimate of drug-likeness (QED) is 0.750. The fraction of sp³-hybridized carbons (Fsp3) is 0.500. The summed E-state index contributed by atoms with van der Waals surface area (Å²) in [4.78, 5) is 8.78. The molecule has 0 amide bonds. The van der Waals surface area contributed by atoms with E-state index in [0.717, 1.165) is 35.2 Å². The number of likely N-dealkylation sites (tertiary alicyclic amines) is 1. The van der Waals surface area contributed by atoms with Crippen LogP contribution in [0.15, 0.2) is 30.3 Å². The number of aryl methyl sites for hydroxylation is 1. The van der Waals surface area contributed by atoms with Crippen LogP contribution in [-0.4, -0.2) is 37.7 Å². The average Bonchev–Trinajstić information content (AvgIpc) is 3.15. The van der Waals surface area contributed by atoms with Gasteiger partial charge in [0.15, 0.2) is 5.82 Å². The zero-order chi connectivity index (χ0) is 18.3. The van der Waals surface area contributed by atoms with Crippen LogP contribution in [0.4, 0.5) is 0 Å². The molecule has 0 bridgehead atoms. The molecule has 1 aliphatic rings. The smallest absolute Gasteiger partial charge is 0.230 e. The third-order valence-electron chi connectivity index (χ3n) is 5.19. The van der Waals surface area contributed by atoms with Gasteiger partial charge in [-0.05, 0) is 23.8 Å². The van der Waals surface area contributed by atoms with E-state index in [1.165, 1.54) is 12.0 Å². The fourth-order valence-electron chi connectivity index (χ4n) is 4.20. The maximum Gasteiger partial charge on any atom is 0.230 e. The Balaban J connectivity index is 1.80. The number of aromatic hydroxyl groups is 1. The normalized spacial score (nSPS) is 22.7. The third-order valence-corrected chi connectivity index (χ3v) is 6.26. The minimum Gasteiger partial charge on any atom is -0.492 e.